The molecule has 0 spiro atoms. The summed E-state index contributed by atoms with van der Waals surface area (Å²) in [5.74, 6) is 0.189. The molecule has 0 N–H and O–H groups in total. The van der Waals surface area contributed by atoms with Crippen LogP contribution in [0.2, 0.25) is 0 Å². The van der Waals surface area contributed by atoms with Crippen molar-refractivity contribution in [2.75, 3.05) is 0 Å². The minimum atomic E-state index is -0.339. The number of rotatable bonds is 2. The van der Waals surface area contributed by atoms with E-state index in [0.29, 0.717) is 11.5 Å². The summed E-state index contributed by atoms with van der Waals surface area (Å²) in [7, 11) is 0. The topological polar surface area (TPSA) is 26.0 Å². The third-order valence-electron chi connectivity index (χ3n) is 2.02. The van der Waals surface area contributed by atoms with Gasteiger partial charge in [-0.2, -0.15) is 0 Å². The first-order chi connectivity index (χ1) is 7.31. The van der Waals surface area contributed by atoms with Crippen LogP contribution in [0.15, 0.2) is 47.2 Å². The Kier molecular flexibility index (Phi) is 2.63. The van der Waals surface area contributed by atoms with Gasteiger partial charge in [0.15, 0.2) is 0 Å². The van der Waals surface area contributed by atoms with Crippen LogP contribution < -0.4 is 0 Å². The van der Waals surface area contributed by atoms with Gasteiger partial charge in [-0.3, -0.25) is 0 Å². The molecule has 3 heteroatoms. The Hall–Kier alpha value is -1.90. The van der Waals surface area contributed by atoms with Gasteiger partial charge in [-0.1, -0.05) is 12.1 Å². The van der Waals surface area contributed by atoms with Crippen LogP contribution in [0.25, 0.3) is 17.3 Å². The first kappa shape index (κ1) is 9.65. The minimum absolute atomic E-state index is 0.339. The summed E-state index contributed by atoms with van der Waals surface area (Å²) in [6.45, 7) is 3.37. The standard InChI is InChI=1S/C12H9FNO/c1-2-11(13)9-3-5-10(6-4-9)12-14-7-8-15-12/h2-8H,1H2/b11-2-. The van der Waals surface area contributed by atoms with E-state index in [4.69, 9.17) is 4.42 Å². The highest BCUT2D eigenvalue weighted by Gasteiger charge is 2.03. The summed E-state index contributed by atoms with van der Waals surface area (Å²) >= 11 is 0. The number of hydrogen-bond acceptors (Lipinski definition) is 2. The molecule has 0 bridgehead atoms. The molecule has 0 fully saturated rings. The Morgan fingerprint density at radius 1 is 1.33 bits per heavy atom. The fourth-order valence-electron chi connectivity index (χ4n) is 1.26. The van der Waals surface area contributed by atoms with Gasteiger partial charge in [-0.25, -0.2) is 9.37 Å². The fourth-order valence-corrected chi connectivity index (χ4v) is 1.26. The van der Waals surface area contributed by atoms with Crippen LogP contribution in [0.5, 0.6) is 0 Å². The van der Waals surface area contributed by atoms with Gasteiger partial charge < -0.3 is 4.42 Å². The monoisotopic (exact) mass is 202 g/mol. The smallest absolute Gasteiger partial charge is 0.225 e. The van der Waals surface area contributed by atoms with Crippen molar-refractivity contribution in [2.24, 2.45) is 0 Å². The molecular weight excluding hydrogens is 193 g/mol. The van der Waals surface area contributed by atoms with Crippen molar-refractivity contribution in [3.8, 4) is 11.5 Å². The zero-order chi connectivity index (χ0) is 10.7. The average molecular weight is 202 g/mol. The van der Waals surface area contributed by atoms with Crippen molar-refractivity contribution in [3.05, 3.63) is 55.3 Å². The fraction of sp³-hybridized carbons (Fsp3) is 0. The van der Waals surface area contributed by atoms with Gasteiger partial charge in [-0.15, -0.1) is 0 Å². The molecule has 0 aliphatic carbocycles. The summed E-state index contributed by atoms with van der Waals surface area (Å²) in [6, 6.07) is 6.83. The van der Waals surface area contributed by atoms with E-state index in [9.17, 15) is 4.39 Å². The molecule has 75 valence electrons. The molecule has 1 aromatic carbocycles. The highest BCUT2D eigenvalue weighted by Crippen LogP contribution is 2.21. The van der Waals surface area contributed by atoms with Crippen LogP contribution in [-0.4, -0.2) is 4.98 Å². The number of benzene rings is 1. The van der Waals surface area contributed by atoms with E-state index in [-0.39, 0.29) is 5.83 Å². The largest absolute Gasteiger partial charge is 0.445 e. The summed E-state index contributed by atoms with van der Waals surface area (Å²) in [5, 5.41) is 0. The van der Waals surface area contributed by atoms with Gasteiger partial charge in [0.2, 0.25) is 5.89 Å². The highest BCUT2D eigenvalue weighted by atomic mass is 19.1. The molecule has 0 aliphatic heterocycles. The number of oxazole rings is 1. The van der Waals surface area contributed by atoms with Crippen LogP contribution in [0.4, 0.5) is 4.39 Å². The number of halogens is 1. The molecule has 0 atom stereocenters. The number of aromatic nitrogens is 1. The molecule has 0 amide bonds. The SMILES string of the molecule is [CH2]/C=C(\F)c1ccc(-c2ncco2)cc1. The van der Waals surface area contributed by atoms with Crippen molar-refractivity contribution in [1.82, 2.24) is 4.98 Å². The molecule has 0 saturated carbocycles. The maximum atomic E-state index is 13.1. The van der Waals surface area contributed by atoms with Crippen LogP contribution in [0, 0.1) is 6.92 Å². The highest BCUT2D eigenvalue weighted by molar-refractivity contribution is 5.63. The molecule has 15 heavy (non-hydrogen) atoms. The Morgan fingerprint density at radius 3 is 2.60 bits per heavy atom. The summed E-state index contributed by atoms with van der Waals surface area (Å²) < 4.78 is 18.2. The number of nitrogens with zero attached hydrogens (tertiary/aromatic N) is 1. The van der Waals surface area contributed by atoms with E-state index >= 15 is 0 Å². The quantitative estimate of drug-likeness (QED) is 0.745. The van der Waals surface area contributed by atoms with E-state index in [2.05, 4.69) is 11.9 Å². The lowest BCUT2D eigenvalue weighted by Gasteiger charge is -1.98. The molecule has 2 aromatic rings. The van der Waals surface area contributed by atoms with E-state index in [1.807, 2.05) is 0 Å². The van der Waals surface area contributed by atoms with Gasteiger partial charge in [0, 0.05) is 11.1 Å². The second kappa shape index (κ2) is 4.09. The third kappa shape index (κ3) is 1.96. The number of hydrogen-bond donors (Lipinski definition) is 0. The lowest BCUT2D eigenvalue weighted by Crippen LogP contribution is -1.80. The van der Waals surface area contributed by atoms with Crippen LogP contribution in [0.1, 0.15) is 5.56 Å². The molecule has 1 heterocycles. The van der Waals surface area contributed by atoms with Crippen LogP contribution >= 0.6 is 0 Å². The molecule has 0 unspecified atom stereocenters. The van der Waals surface area contributed by atoms with Gasteiger partial charge >= 0.3 is 0 Å². The Balaban J connectivity index is 2.33. The summed E-state index contributed by atoms with van der Waals surface area (Å²) in [4.78, 5) is 3.99. The van der Waals surface area contributed by atoms with Gasteiger partial charge in [-0.05, 0) is 25.1 Å². The second-order valence-electron chi connectivity index (χ2n) is 2.97. The molecule has 2 nitrogen and oxygen atoms in total. The molecule has 1 aromatic heterocycles. The third-order valence-corrected chi connectivity index (χ3v) is 2.02. The first-order valence-corrected chi connectivity index (χ1v) is 4.46. The van der Waals surface area contributed by atoms with Crippen molar-refractivity contribution < 1.29 is 8.81 Å². The molecule has 0 aliphatic rings. The normalized spacial score (nSPS) is 11.7. The maximum absolute atomic E-state index is 13.1. The van der Waals surface area contributed by atoms with Crippen molar-refractivity contribution in [2.45, 2.75) is 0 Å². The zero-order valence-corrected chi connectivity index (χ0v) is 7.98. The predicted octanol–water partition coefficient (Wildman–Crippen LogP) is 3.49. The minimum Gasteiger partial charge on any atom is -0.445 e. The van der Waals surface area contributed by atoms with E-state index < -0.39 is 0 Å². The number of allylic oxidation sites excluding steroid dienone is 1. The van der Waals surface area contributed by atoms with E-state index in [0.717, 1.165) is 5.56 Å². The van der Waals surface area contributed by atoms with Gasteiger partial charge in [0.05, 0.1) is 6.20 Å². The van der Waals surface area contributed by atoms with Crippen LogP contribution in [0.3, 0.4) is 0 Å². The van der Waals surface area contributed by atoms with Crippen LogP contribution in [-0.2, 0) is 0 Å². The van der Waals surface area contributed by atoms with E-state index in [1.54, 1.807) is 30.5 Å². The lowest BCUT2D eigenvalue weighted by molar-refractivity contribution is 0.574. The molecule has 2 rings (SSSR count). The predicted molar refractivity (Wildman–Crippen MR) is 56.4 cm³/mol. The van der Waals surface area contributed by atoms with Gasteiger partial charge in [0.1, 0.15) is 12.1 Å². The molecular formula is C12H9FNO. The lowest BCUT2D eigenvalue weighted by atomic mass is 10.1. The van der Waals surface area contributed by atoms with Crippen molar-refractivity contribution in [3.63, 3.8) is 0 Å². The van der Waals surface area contributed by atoms with E-state index in [1.165, 1.54) is 12.3 Å². The Labute approximate surface area is 87.1 Å². The van der Waals surface area contributed by atoms with Gasteiger partial charge in [0.25, 0.3) is 0 Å². The van der Waals surface area contributed by atoms with Crippen molar-refractivity contribution in [1.29, 1.82) is 0 Å². The summed E-state index contributed by atoms with van der Waals surface area (Å²) in [6.07, 6.45) is 4.25. The Morgan fingerprint density at radius 2 is 2.07 bits per heavy atom. The second-order valence-corrected chi connectivity index (χ2v) is 2.97. The van der Waals surface area contributed by atoms with Crippen molar-refractivity contribution >= 4 is 5.83 Å². The zero-order valence-electron chi connectivity index (χ0n) is 7.98. The molecule has 0 saturated heterocycles. The Bertz CT molecular complexity index is 457. The summed E-state index contributed by atoms with van der Waals surface area (Å²) in [5.41, 5.74) is 1.32. The first-order valence-electron chi connectivity index (χ1n) is 4.46. The maximum Gasteiger partial charge on any atom is 0.225 e. The molecule has 1 radical (unpaired) electrons. The average Bonchev–Trinajstić information content (AvgIpc) is 2.82.